The number of hydrogen-bond donors (Lipinski definition) is 0. The molecular weight excluding hydrogens is 451 g/mol. The van der Waals surface area contributed by atoms with Crippen LogP contribution in [0.4, 0.5) is 10.1 Å². The summed E-state index contributed by atoms with van der Waals surface area (Å²) in [4.78, 5) is 15.4. The van der Waals surface area contributed by atoms with Crippen molar-refractivity contribution in [3.05, 3.63) is 82.3 Å². The minimum atomic E-state index is -0.799. The summed E-state index contributed by atoms with van der Waals surface area (Å²) in [5.74, 6) is 0.00560. The van der Waals surface area contributed by atoms with Crippen molar-refractivity contribution in [2.75, 3.05) is 0 Å². The van der Waals surface area contributed by atoms with Crippen LogP contribution >= 0.6 is 22.9 Å². The van der Waals surface area contributed by atoms with Crippen molar-refractivity contribution in [3.8, 4) is 21.9 Å². The number of rotatable bonds is 5. The molecule has 0 saturated heterocycles. The molecule has 0 unspecified atom stereocenters. The van der Waals surface area contributed by atoms with Crippen LogP contribution in [-0.2, 0) is 5.88 Å². The number of fused-ring (bicyclic) bond motifs is 1. The lowest BCUT2D eigenvalue weighted by Crippen LogP contribution is -1.92. The summed E-state index contributed by atoms with van der Waals surface area (Å²) in [5, 5.41) is 10.8. The van der Waals surface area contributed by atoms with Crippen LogP contribution in [0.2, 0.25) is 0 Å². The Balaban J connectivity index is 0.000000860. The van der Waals surface area contributed by atoms with Gasteiger partial charge in [-0.15, -0.1) is 22.9 Å². The Bertz CT molecular complexity index is 1180. The van der Waals surface area contributed by atoms with Gasteiger partial charge in [0.05, 0.1) is 21.2 Å². The number of halogens is 2. The van der Waals surface area contributed by atoms with Gasteiger partial charge < -0.3 is 4.74 Å². The average molecular weight is 475 g/mol. The van der Waals surface area contributed by atoms with Gasteiger partial charge in [-0.25, -0.2) is 4.39 Å². The second-order valence-corrected chi connectivity index (χ2v) is 7.26. The second kappa shape index (κ2) is 12.1. The molecule has 2 aromatic heterocycles. The fraction of sp³-hybridized carbons (Fsp3) is 0.208. The van der Waals surface area contributed by atoms with Crippen LogP contribution in [0.5, 0.6) is 11.5 Å². The van der Waals surface area contributed by atoms with Crippen molar-refractivity contribution in [3.63, 3.8) is 0 Å². The number of hydrogen-bond acceptors (Lipinski definition) is 5. The topological polar surface area (TPSA) is 65.3 Å². The average Bonchev–Trinajstić information content (AvgIpc) is 3.28. The molecule has 0 aliphatic rings. The molecule has 0 bridgehead atoms. The standard InChI is InChI=1S/C20H12ClFN2O3S.2C2H6/c21-11-12-1-3-13(4-2-12)19-10-16-20(28-19)18(7-8-23-16)27-17-6-5-14(24(25)26)9-15(17)22;2*1-2/h1-10H,11H2;2*1-2H3. The summed E-state index contributed by atoms with van der Waals surface area (Å²) in [6.45, 7) is 8.00. The van der Waals surface area contributed by atoms with Crippen molar-refractivity contribution >= 4 is 38.8 Å². The number of aromatic nitrogens is 1. The number of ether oxygens (including phenoxy) is 1. The summed E-state index contributed by atoms with van der Waals surface area (Å²) in [6, 6.07) is 14.8. The van der Waals surface area contributed by atoms with Crippen LogP contribution in [0, 0.1) is 15.9 Å². The Morgan fingerprint density at radius 3 is 2.31 bits per heavy atom. The van der Waals surface area contributed by atoms with Gasteiger partial charge in [-0.05, 0) is 23.3 Å². The van der Waals surface area contributed by atoms with E-state index in [0.29, 0.717) is 11.6 Å². The van der Waals surface area contributed by atoms with E-state index in [2.05, 4.69) is 4.98 Å². The molecule has 2 aromatic carbocycles. The van der Waals surface area contributed by atoms with Crippen LogP contribution in [0.1, 0.15) is 33.3 Å². The van der Waals surface area contributed by atoms with Gasteiger partial charge in [-0.1, -0.05) is 52.0 Å². The Labute approximate surface area is 195 Å². The SMILES string of the molecule is CC.CC.O=[N+]([O-])c1ccc(Oc2ccnc3cc(-c4ccc(CCl)cc4)sc23)c(F)c1. The fourth-order valence-electron chi connectivity index (χ4n) is 2.70. The first-order chi connectivity index (χ1) is 15.5. The molecule has 4 rings (SSSR count). The highest BCUT2D eigenvalue weighted by Gasteiger charge is 2.15. The maximum absolute atomic E-state index is 14.2. The normalized spacial score (nSPS) is 9.94. The molecule has 0 aliphatic heterocycles. The molecule has 32 heavy (non-hydrogen) atoms. The van der Waals surface area contributed by atoms with E-state index in [1.807, 2.05) is 58.0 Å². The Kier molecular flexibility index (Phi) is 9.56. The van der Waals surface area contributed by atoms with Gasteiger partial charge in [-0.2, -0.15) is 0 Å². The largest absolute Gasteiger partial charge is 0.453 e. The third-order valence-electron chi connectivity index (χ3n) is 4.11. The third-order valence-corrected chi connectivity index (χ3v) is 5.61. The third kappa shape index (κ3) is 5.81. The van der Waals surface area contributed by atoms with E-state index in [-0.39, 0.29) is 11.4 Å². The number of pyridine rings is 1. The summed E-state index contributed by atoms with van der Waals surface area (Å²) in [7, 11) is 0. The quantitative estimate of drug-likeness (QED) is 0.165. The lowest BCUT2D eigenvalue weighted by Gasteiger charge is -2.07. The van der Waals surface area contributed by atoms with E-state index in [1.54, 1.807) is 12.3 Å². The first-order valence-electron chi connectivity index (χ1n) is 10.2. The molecule has 4 aromatic rings. The predicted octanol–water partition coefficient (Wildman–Crippen LogP) is 8.59. The summed E-state index contributed by atoms with van der Waals surface area (Å²) in [5.41, 5.74) is 2.44. The second-order valence-electron chi connectivity index (χ2n) is 5.94. The molecular formula is C24H24ClFN2O3S. The lowest BCUT2D eigenvalue weighted by molar-refractivity contribution is -0.385. The highest BCUT2D eigenvalue weighted by Crippen LogP contribution is 2.39. The van der Waals surface area contributed by atoms with E-state index in [1.165, 1.54) is 23.5 Å². The number of benzene rings is 2. The lowest BCUT2D eigenvalue weighted by atomic mass is 10.1. The number of alkyl halides is 1. The van der Waals surface area contributed by atoms with Gasteiger partial charge in [0.15, 0.2) is 11.6 Å². The molecule has 0 fully saturated rings. The molecule has 0 amide bonds. The first-order valence-corrected chi connectivity index (χ1v) is 11.6. The van der Waals surface area contributed by atoms with Crippen molar-refractivity contribution in [2.45, 2.75) is 33.6 Å². The zero-order valence-electron chi connectivity index (χ0n) is 18.3. The van der Waals surface area contributed by atoms with Crippen molar-refractivity contribution in [1.29, 1.82) is 0 Å². The number of nitro groups is 1. The van der Waals surface area contributed by atoms with E-state index < -0.39 is 10.7 Å². The minimum absolute atomic E-state index is 0.0838. The first kappa shape index (κ1) is 25.2. The van der Waals surface area contributed by atoms with Gasteiger partial charge in [-0.3, -0.25) is 15.1 Å². The fourth-order valence-corrected chi connectivity index (χ4v) is 3.95. The molecule has 0 aliphatic carbocycles. The molecule has 168 valence electrons. The zero-order chi connectivity index (χ0) is 23.7. The van der Waals surface area contributed by atoms with Crippen LogP contribution in [-0.4, -0.2) is 9.91 Å². The molecule has 0 saturated carbocycles. The number of non-ortho nitro benzene ring substituents is 1. The molecule has 5 nitrogen and oxygen atoms in total. The molecule has 0 N–H and O–H groups in total. The highest BCUT2D eigenvalue weighted by atomic mass is 35.5. The van der Waals surface area contributed by atoms with Gasteiger partial charge in [0.2, 0.25) is 0 Å². The van der Waals surface area contributed by atoms with Crippen molar-refractivity contribution in [1.82, 2.24) is 4.98 Å². The van der Waals surface area contributed by atoms with Gasteiger partial charge in [0, 0.05) is 29.1 Å². The smallest absolute Gasteiger partial charge is 0.272 e. The Morgan fingerprint density at radius 1 is 1.03 bits per heavy atom. The summed E-state index contributed by atoms with van der Waals surface area (Å²) >= 11 is 7.31. The van der Waals surface area contributed by atoms with Gasteiger partial charge >= 0.3 is 0 Å². The minimum Gasteiger partial charge on any atom is -0.453 e. The highest BCUT2D eigenvalue weighted by molar-refractivity contribution is 7.22. The number of nitrogens with zero attached hydrogens (tertiary/aromatic N) is 2. The molecule has 0 spiro atoms. The van der Waals surface area contributed by atoms with Gasteiger partial charge in [0.1, 0.15) is 5.75 Å². The molecule has 0 radical (unpaired) electrons. The van der Waals surface area contributed by atoms with Crippen LogP contribution in [0.25, 0.3) is 20.7 Å². The van der Waals surface area contributed by atoms with Crippen molar-refractivity contribution in [2.24, 2.45) is 0 Å². The van der Waals surface area contributed by atoms with Crippen molar-refractivity contribution < 1.29 is 14.1 Å². The van der Waals surface area contributed by atoms with Crippen LogP contribution in [0.15, 0.2) is 60.8 Å². The Hall–Kier alpha value is -3.03. The molecule has 8 heteroatoms. The van der Waals surface area contributed by atoms with E-state index in [9.17, 15) is 14.5 Å². The summed E-state index contributed by atoms with van der Waals surface area (Å²) < 4.78 is 20.6. The van der Waals surface area contributed by atoms with Crippen LogP contribution < -0.4 is 4.74 Å². The van der Waals surface area contributed by atoms with E-state index in [0.717, 1.165) is 32.3 Å². The maximum Gasteiger partial charge on any atom is 0.272 e. The Morgan fingerprint density at radius 2 is 1.72 bits per heavy atom. The maximum atomic E-state index is 14.2. The zero-order valence-corrected chi connectivity index (χ0v) is 19.8. The molecule has 2 heterocycles. The monoisotopic (exact) mass is 474 g/mol. The number of nitro benzene ring substituents is 1. The van der Waals surface area contributed by atoms with Gasteiger partial charge in [0.25, 0.3) is 5.69 Å². The summed E-state index contributed by atoms with van der Waals surface area (Å²) in [6.07, 6.45) is 1.58. The van der Waals surface area contributed by atoms with E-state index >= 15 is 0 Å². The van der Waals surface area contributed by atoms with E-state index in [4.69, 9.17) is 16.3 Å². The van der Waals surface area contributed by atoms with Crippen LogP contribution in [0.3, 0.4) is 0 Å². The molecule has 0 atom stereocenters. The number of thiophene rings is 1. The predicted molar refractivity (Wildman–Crippen MR) is 130 cm³/mol.